The van der Waals surface area contributed by atoms with E-state index in [4.69, 9.17) is 0 Å². The highest BCUT2D eigenvalue weighted by atomic mass is 14.6. The molecule has 0 saturated heterocycles. The van der Waals surface area contributed by atoms with Crippen LogP contribution in [0.4, 0.5) is 0 Å². The van der Waals surface area contributed by atoms with Crippen molar-refractivity contribution in [3.63, 3.8) is 0 Å². The molecular weight excluding hydrogens is 324 g/mol. The molecule has 0 bridgehead atoms. The number of aryl methyl sites for hydroxylation is 1. The maximum Gasteiger partial charge on any atom is -0.00822 e. The van der Waals surface area contributed by atoms with E-state index >= 15 is 0 Å². The van der Waals surface area contributed by atoms with Gasteiger partial charge in [-0.25, -0.2) is 0 Å². The molecule has 1 aromatic carbocycles. The van der Waals surface area contributed by atoms with Crippen molar-refractivity contribution in [3.05, 3.63) is 59.7 Å². The second-order valence-electron chi connectivity index (χ2n) is 10.5. The van der Waals surface area contributed by atoms with Crippen LogP contribution >= 0.6 is 0 Å². The molecule has 1 aromatic rings. The minimum atomic E-state index is 0.490. The Morgan fingerprint density at radius 3 is 2.59 bits per heavy atom. The van der Waals surface area contributed by atoms with E-state index in [2.05, 4.69) is 62.4 Å². The van der Waals surface area contributed by atoms with Crippen LogP contribution in [-0.4, -0.2) is 0 Å². The summed E-state index contributed by atoms with van der Waals surface area (Å²) in [7, 11) is 0. The number of fused-ring (bicyclic) bond motifs is 5. The lowest BCUT2D eigenvalue weighted by Crippen LogP contribution is -2.51. The van der Waals surface area contributed by atoms with Crippen LogP contribution in [0.3, 0.4) is 0 Å². The molecule has 0 aliphatic heterocycles. The van der Waals surface area contributed by atoms with Gasteiger partial charge in [-0.3, -0.25) is 0 Å². The lowest BCUT2D eigenvalue weighted by atomic mass is 9.45. The first-order chi connectivity index (χ1) is 13.1. The van der Waals surface area contributed by atoms with Crippen LogP contribution in [0, 0.1) is 34.5 Å². The minimum Gasteiger partial charge on any atom is -0.0882 e. The summed E-state index contributed by atoms with van der Waals surface area (Å²) in [5.74, 6) is 3.83. The van der Waals surface area contributed by atoms with E-state index in [1.165, 1.54) is 63.4 Å². The van der Waals surface area contributed by atoms with E-state index in [-0.39, 0.29) is 0 Å². The van der Waals surface area contributed by atoms with Crippen LogP contribution in [0.2, 0.25) is 0 Å². The fourth-order valence-corrected chi connectivity index (χ4v) is 7.81. The van der Waals surface area contributed by atoms with E-state index in [9.17, 15) is 0 Å². The van der Waals surface area contributed by atoms with Gasteiger partial charge in [-0.1, -0.05) is 68.0 Å². The summed E-state index contributed by atoms with van der Waals surface area (Å²) in [5, 5.41) is 0. The number of allylic oxidation sites excluding steroid dienone is 4. The highest BCUT2D eigenvalue weighted by Gasteiger charge is 2.57. The second-order valence-corrected chi connectivity index (χ2v) is 10.5. The van der Waals surface area contributed by atoms with Crippen LogP contribution in [0.25, 0.3) is 0 Å². The zero-order valence-corrected chi connectivity index (χ0v) is 17.3. The summed E-state index contributed by atoms with van der Waals surface area (Å²) in [5.41, 5.74) is 4.38. The van der Waals surface area contributed by atoms with Gasteiger partial charge >= 0.3 is 0 Å². The molecule has 0 unspecified atom stereocenters. The molecule has 4 aliphatic carbocycles. The molecule has 0 aromatic heterocycles. The molecule has 144 valence electrons. The number of hydrogen-bond acceptors (Lipinski definition) is 0. The zero-order valence-electron chi connectivity index (χ0n) is 17.3. The van der Waals surface area contributed by atoms with Crippen molar-refractivity contribution in [2.75, 3.05) is 0 Å². The van der Waals surface area contributed by atoms with E-state index in [1.807, 2.05) is 0 Å². The van der Waals surface area contributed by atoms with Gasteiger partial charge in [-0.2, -0.15) is 0 Å². The van der Waals surface area contributed by atoms with Crippen molar-refractivity contribution in [2.45, 2.75) is 71.6 Å². The standard InChI is InChI=1S/C27H36/c1-26-18-7-6-10-21(26)13-15-23-24-16-14-22(27(24,2)19-17-25(23)26)12-11-20-8-4-3-5-9-20/h3-9,14,21,23-25H,10-13,15-19H2,1-2H3/t21-,23-,24-,25-,26-,27+/m0/s1. The fraction of sp³-hybridized carbons (Fsp3) is 0.630. The Labute approximate surface area is 166 Å². The Morgan fingerprint density at radius 1 is 0.889 bits per heavy atom. The third kappa shape index (κ3) is 2.78. The highest BCUT2D eigenvalue weighted by Crippen LogP contribution is 2.66. The largest absolute Gasteiger partial charge is 0.0882 e. The summed E-state index contributed by atoms with van der Waals surface area (Å²) in [4.78, 5) is 0. The predicted octanol–water partition coefficient (Wildman–Crippen LogP) is 7.36. The predicted molar refractivity (Wildman–Crippen MR) is 114 cm³/mol. The topological polar surface area (TPSA) is 0 Å². The summed E-state index contributed by atoms with van der Waals surface area (Å²) >= 11 is 0. The van der Waals surface area contributed by atoms with Crippen molar-refractivity contribution in [1.29, 1.82) is 0 Å². The smallest absolute Gasteiger partial charge is 0.00822 e. The molecule has 4 aliphatic rings. The maximum atomic E-state index is 2.67. The fourth-order valence-electron chi connectivity index (χ4n) is 7.81. The zero-order chi connectivity index (χ0) is 18.5. The second kappa shape index (κ2) is 6.64. The summed E-state index contributed by atoms with van der Waals surface area (Å²) in [6.07, 6.45) is 20.1. The average Bonchev–Trinajstić information content (AvgIpc) is 3.03. The molecule has 0 amide bonds. The van der Waals surface area contributed by atoms with Crippen LogP contribution in [0.1, 0.15) is 70.8 Å². The lowest BCUT2D eigenvalue weighted by molar-refractivity contribution is -0.0827. The van der Waals surface area contributed by atoms with Gasteiger partial charge in [0.1, 0.15) is 0 Å². The van der Waals surface area contributed by atoms with Crippen molar-refractivity contribution in [1.82, 2.24) is 0 Å². The SMILES string of the molecule is C[C@]12CC=CC[C@H]1CC[C@@H]1[C@@H]2CC[C@]2(C)C(CCc3ccccc3)=CC[C@@H]12. The first kappa shape index (κ1) is 17.8. The molecular formula is C27H36. The molecule has 0 spiro atoms. The average molecular weight is 361 g/mol. The lowest BCUT2D eigenvalue weighted by Gasteiger charge is -2.59. The molecule has 0 nitrogen and oxygen atoms in total. The Bertz CT molecular complexity index is 741. The Kier molecular flexibility index (Phi) is 4.37. The summed E-state index contributed by atoms with van der Waals surface area (Å²) in [6.45, 7) is 5.28. The molecule has 2 saturated carbocycles. The molecule has 5 rings (SSSR count). The van der Waals surface area contributed by atoms with E-state index < -0.39 is 0 Å². The van der Waals surface area contributed by atoms with Crippen LogP contribution < -0.4 is 0 Å². The molecule has 0 N–H and O–H groups in total. The van der Waals surface area contributed by atoms with Gasteiger partial charge in [0.2, 0.25) is 0 Å². The van der Waals surface area contributed by atoms with Gasteiger partial charge in [0.15, 0.2) is 0 Å². The Balaban J connectivity index is 1.34. The Hall–Kier alpha value is -1.30. The molecule has 0 heteroatoms. The van der Waals surface area contributed by atoms with Crippen molar-refractivity contribution < 1.29 is 0 Å². The monoisotopic (exact) mass is 360 g/mol. The van der Waals surface area contributed by atoms with Gasteiger partial charge in [-0.15, -0.1) is 0 Å². The van der Waals surface area contributed by atoms with Gasteiger partial charge in [0, 0.05) is 0 Å². The number of benzene rings is 1. The number of hydrogen-bond donors (Lipinski definition) is 0. The van der Waals surface area contributed by atoms with E-state index in [0.29, 0.717) is 10.8 Å². The molecule has 2 fully saturated rings. The number of rotatable bonds is 3. The van der Waals surface area contributed by atoms with Gasteiger partial charge in [-0.05, 0) is 97.9 Å². The summed E-state index contributed by atoms with van der Waals surface area (Å²) in [6, 6.07) is 11.1. The van der Waals surface area contributed by atoms with Gasteiger partial charge < -0.3 is 0 Å². The van der Waals surface area contributed by atoms with Crippen molar-refractivity contribution in [3.8, 4) is 0 Å². The third-order valence-electron chi connectivity index (χ3n) is 9.48. The van der Waals surface area contributed by atoms with Crippen LogP contribution in [0.15, 0.2) is 54.1 Å². The summed E-state index contributed by atoms with van der Waals surface area (Å²) < 4.78 is 0. The van der Waals surface area contributed by atoms with Gasteiger partial charge in [0.05, 0.1) is 0 Å². The quantitative estimate of drug-likeness (QED) is 0.494. The van der Waals surface area contributed by atoms with Crippen LogP contribution in [-0.2, 0) is 6.42 Å². The third-order valence-corrected chi connectivity index (χ3v) is 9.48. The normalized spacial score (nSPS) is 42.8. The Morgan fingerprint density at radius 2 is 1.74 bits per heavy atom. The maximum absolute atomic E-state index is 2.67. The molecule has 6 atom stereocenters. The van der Waals surface area contributed by atoms with Crippen molar-refractivity contribution in [2.24, 2.45) is 34.5 Å². The first-order valence-electron chi connectivity index (χ1n) is 11.5. The molecule has 27 heavy (non-hydrogen) atoms. The van der Waals surface area contributed by atoms with Crippen molar-refractivity contribution >= 4 is 0 Å². The molecule has 0 radical (unpaired) electrons. The highest BCUT2D eigenvalue weighted by molar-refractivity contribution is 5.27. The first-order valence-corrected chi connectivity index (χ1v) is 11.5. The molecule has 0 heterocycles. The minimum absolute atomic E-state index is 0.490. The van der Waals surface area contributed by atoms with Crippen LogP contribution in [0.5, 0.6) is 0 Å². The van der Waals surface area contributed by atoms with E-state index in [0.717, 1.165) is 23.7 Å². The van der Waals surface area contributed by atoms with Gasteiger partial charge in [0.25, 0.3) is 0 Å². The van der Waals surface area contributed by atoms with E-state index in [1.54, 1.807) is 5.57 Å².